The number of nitrogens with zero attached hydrogens (tertiary/aromatic N) is 6. The Hall–Kier alpha value is -3.42. The summed E-state index contributed by atoms with van der Waals surface area (Å²) in [4.78, 5) is 7.22. The van der Waals surface area contributed by atoms with E-state index in [0.717, 1.165) is 18.3 Å². The zero-order chi connectivity index (χ0) is 20.9. The molecule has 0 amide bonds. The third kappa shape index (κ3) is 4.64. The number of halogens is 4. The van der Waals surface area contributed by atoms with Crippen molar-refractivity contribution in [1.82, 2.24) is 9.88 Å². The van der Waals surface area contributed by atoms with Crippen LogP contribution in [0.4, 0.5) is 19.0 Å². The number of nitrogens with two attached hydrogens (primary N) is 1. The zero-order valence-corrected chi connectivity index (χ0v) is 15.1. The van der Waals surface area contributed by atoms with Gasteiger partial charge in [-0.2, -0.15) is 29.0 Å². The lowest BCUT2D eigenvalue weighted by atomic mass is 10.1. The Bertz CT molecular complexity index is 923. The lowest BCUT2D eigenvalue weighted by molar-refractivity contribution is -0.137. The highest BCUT2D eigenvalue weighted by Gasteiger charge is 2.32. The molecule has 2 heterocycles. The third-order valence-corrected chi connectivity index (χ3v) is 4.27. The number of pyridine rings is 1. The summed E-state index contributed by atoms with van der Waals surface area (Å²) in [5, 5.41) is 26.7. The van der Waals surface area contributed by atoms with Gasteiger partial charge in [-0.25, -0.2) is 4.98 Å². The number of piperazine rings is 1. The second-order valence-corrected chi connectivity index (χ2v) is 6.10. The second kappa shape index (κ2) is 8.51. The third-order valence-electron chi connectivity index (χ3n) is 3.99. The number of hydrogen-bond acceptors (Lipinski definition) is 7. The highest BCUT2D eigenvalue weighted by Crippen LogP contribution is 2.33. The molecule has 28 heavy (non-hydrogen) atoms. The van der Waals surface area contributed by atoms with Crippen LogP contribution < -0.4 is 10.6 Å². The Kier molecular flexibility index (Phi) is 6.35. The van der Waals surface area contributed by atoms with Crippen molar-refractivity contribution in [3.8, 4) is 18.2 Å². The number of aromatic nitrogens is 1. The van der Waals surface area contributed by atoms with Crippen LogP contribution >= 0.6 is 11.6 Å². The fraction of sp³-hybridized carbons (Fsp3) is 0.294. The van der Waals surface area contributed by atoms with E-state index < -0.39 is 11.7 Å². The Morgan fingerprint density at radius 3 is 2.21 bits per heavy atom. The van der Waals surface area contributed by atoms with Gasteiger partial charge < -0.3 is 15.5 Å². The van der Waals surface area contributed by atoms with Crippen LogP contribution in [-0.4, -0.2) is 36.1 Å². The fourth-order valence-electron chi connectivity index (χ4n) is 2.55. The van der Waals surface area contributed by atoms with E-state index in [4.69, 9.17) is 27.9 Å². The zero-order valence-electron chi connectivity index (χ0n) is 14.3. The molecule has 144 valence electrons. The van der Waals surface area contributed by atoms with E-state index in [1.54, 1.807) is 21.9 Å². The van der Waals surface area contributed by atoms with Crippen molar-refractivity contribution in [3.63, 3.8) is 0 Å². The van der Waals surface area contributed by atoms with E-state index in [-0.39, 0.29) is 27.8 Å². The van der Waals surface area contributed by atoms with Crippen molar-refractivity contribution in [3.05, 3.63) is 45.9 Å². The standard InChI is InChI=1S/C17H13ClF3N7/c18-14-6-13(17(19,20)21)10-26-16(14)28-3-1-27(2-4-28)15(25)12(9-24)5-11(7-22)8-23/h5-6,10H,1-4,25H2. The Morgan fingerprint density at radius 1 is 1.14 bits per heavy atom. The summed E-state index contributed by atoms with van der Waals surface area (Å²) >= 11 is 5.97. The monoisotopic (exact) mass is 407 g/mol. The molecule has 0 atom stereocenters. The molecule has 2 N–H and O–H groups in total. The summed E-state index contributed by atoms with van der Waals surface area (Å²) in [7, 11) is 0. The summed E-state index contributed by atoms with van der Waals surface area (Å²) in [6.45, 7) is 1.39. The highest BCUT2D eigenvalue weighted by molar-refractivity contribution is 6.33. The average molecular weight is 408 g/mol. The first kappa shape index (κ1) is 20.9. The molecular formula is C17H13ClF3N7. The average Bonchev–Trinajstić information content (AvgIpc) is 2.68. The molecule has 0 spiro atoms. The van der Waals surface area contributed by atoms with Gasteiger partial charge in [0.05, 0.1) is 16.2 Å². The first-order valence-electron chi connectivity index (χ1n) is 7.85. The Balaban J connectivity index is 2.16. The second-order valence-electron chi connectivity index (χ2n) is 5.69. The Labute approximate surface area is 163 Å². The van der Waals surface area contributed by atoms with E-state index in [2.05, 4.69) is 4.98 Å². The molecule has 1 saturated heterocycles. The summed E-state index contributed by atoms with van der Waals surface area (Å²) in [6, 6.07) is 5.99. The molecule has 0 aliphatic carbocycles. The van der Waals surface area contributed by atoms with Crippen LogP contribution in [0.25, 0.3) is 0 Å². The van der Waals surface area contributed by atoms with Crippen LogP contribution in [0.2, 0.25) is 5.02 Å². The summed E-state index contributed by atoms with van der Waals surface area (Å²) in [5.74, 6) is 0.338. The van der Waals surface area contributed by atoms with Gasteiger partial charge in [0.15, 0.2) is 0 Å². The van der Waals surface area contributed by atoms with Crippen molar-refractivity contribution in [2.75, 3.05) is 31.1 Å². The predicted octanol–water partition coefficient (Wildman–Crippen LogP) is 2.54. The van der Waals surface area contributed by atoms with Crippen LogP contribution in [0.5, 0.6) is 0 Å². The highest BCUT2D eigenvalue weighted by atomic mass is 35.5. The molecule has 0 bridgehead atoms. The molecule has 1 fully saturated rings. The largest absolute Gasteiger partial charge is 0.417 e. The van der Waals surface area contributed by atoms with Crippen molar-refractivity contribution < 1.29 is 13.2 Å². The van der Waals surface area contributed by atoms with Crippen LogP contribution in [0.1, 0.15) is 5.56 Å². The van der Waals surface area contributed by atoms with Gasteiger partial charge in [-0.05, 0) is 12.1 Å². The van der Waals surface area contributed by atoms with E-state index >= 15 is 0 Å². The number of hydrogen-bond donors (Lipinski definition) is 1. The molecular weight excluding hydrogens is 395 g/mol. The quantitative estimate of drug-likeness (QED) is 0.604. The lowest BCUT2D eigenvalue weighted by Gasteiger charge is -2.37. The maximum atomic E-state index is 12.7. The van der Waals surface area contributed by atoms with Gasteiger partial charge in [0.2, 0.25) is 0 Å². The predicted molar refractivity (Wildman–Crippen MR) is 94.2 cm³/mol. The molecule has 11 heteroatoms. The molecule has 7 nitrogen and oxygen atoms in total. The van der Waals surface area contributed by atoms with Gasteiger partial charge >= 0.3 is 6.18 Å². The summed E-state index contributed by atoms with van der Waals surface area (Å²) < 4.78 is 38.2. The first-order valence-corrected chi connectivity index (χ1v) is 8.23. The van der Waals surface area contributed by atoms with Crippen LogP contribution in [0.3, 0.4) is 0 Å². The van der Waals surface area contributed by atoms with E-state index in [1.165, 1.54) is 0 Å². The lowest BCUT2D eigenvalue weighted by Crippen LogP contribution is -2.48. The van der Waals surface area contributed by atoms with Crippen LogP contribution in [-0.2, 0) is 6.18 Å². The number of allylic oxidation sites excluding steroid dienone is 3. The first-order chi connectivity index (χ1) is 13.2. The van der Waals surface area contributed by atoms with Gasteiger partial charge in [0, 0.05) is 32.4 Å². The summed E-state index contributed by atoms with van der Waals surface area (Å²) in [6.07, 6.45) is -2.69. The maximum Gasteiger partial charge on any atom is 0.417 e. The molecule has 1 aliphatic rings. The number of rotatable bonds is 3. The van der Waals surface area contributed by atoms with Crippen LogP contribution in [0, 0.1) is 34.0 Å². The van der Waals surface area contributed by atoms with Crippen molar-refractivity contribution in [2.45, 2.75) is 6.18 Å². The Morgan fingerprint density at radius 2 is 1.75 bits per heavy atom. The number of anilines is 1. The molecule has 1 aromatic heterocycles. The molecule has 2 rings (SSSR count). The van der Waals surface area contributed by atoms with Gasteiger partial charge in [0.1, 0.15) is 35.4 Å². The van der Waals surface area contributed by atoms with Crippen molar-refractivity contribution in [1.29, 1.82) is 15.8 Å². The minimum absolute atomic E-state index is 0.0164. The molecule has 0 saturated carbocycles. The van der Waals surface area contributed by atoms with Gasteiger partial charge in [0.25, 0.3) is 0 Å². The van der Waals surface area contributed by atoms with E-state index in [1.807, 2.05) is 6.07 Å². The molecule has 0 radical (unpaired) electrons. The molecule has 1 aromatic rings. The normalized spacial score (nSPS) is 15.0. The smallest absolute Gasteiger partial charge is 0.384 e. The molecule has 0 unspecified atom stereocenters. The van der Waals surface area contributed by atoms with Crippen molar-refractivity contribution in [2.24, 2.45) is 5.73 Å². The SMILES string of the molecule is N#CC(C#N)=CC(C#N)=C(N)N1CCN(c2ncc(C(F)(F)F)cc2Cl)CC1. The molecule has 0 aromatic carbocycles. The minimum atomic E-state index is -4.53. The number of alkyl halides is 3. The van der Waals surface area contributed by atoms with Crippen LogP contribution in [0.15, 0.2) is 35.3 Å². The van der Waals surface area contributed by atoms with E-state index in [9.17, 15) is 18.4 Å². The molecule has 1 aliphatic heterocycles. The summed E-state index contributed by atoms with van der Waals surface area (Å²) in [5.41, 5.74) is 4.78. The minimum Gasteiger partial charge on any atom is -0.384 e. The fourth-order valence-corrected chi connectivity index (χ4v) is 2.83. The maximum absolute atomic E-state index is 12.7. The topological polar surface area (TPSA) is 117 Å². The number of nitriles is 3. The van der Waals surface area contributed by atoms with Gasteiger partial charge in [-0.3, -0.25) is 0 Å². The van der Waals surface area contributed by atoms with Gasteiger partial charge in [-0.1, -0.05) is 11.6 Å². The van der Waals surface area contributed by atoms with E-state index in [0.29, 0.717) is 26.2 Å². The van der Waals surface area contributed by atoms with Gasteiger partial charge in [-0.15, -0.1) is 0 Å². The van der Waals surface area contributed by atoms with Crippen molar-refractivity contribution >= 4 is 17.4 Å².